The molecule has 3 rings (SSSR count). The summed E-state index contributed by atoms with van der Waals surface area (Å²) >= 11 is 0. The lowest BCUT2D eigenvalue weighted by atomic mass is 10.1. The zero-order valence-electron chi connectivity index (χ0n) is 10.7. The molecule has 1 aromatic carbocycles. The number of halogens is 2. The minimum absolute atomic E-state index is 0.346. The molecule has 1 fully saturated rings. The van der Waals surface area contributed by atoms with Gasteiger partial charge in [0.05, 0.1) is 18.9 Å². The van der Waals surface area contributed by atoms with Gasteiger partial charge < -0.3 is 14.6 Å². The number of anilines is 1. The monoisotopic (exact) mass is 280 g/mol. The van der Waals surface area contributed by atoms with Crippen LogP contribution in [0.25, 0.3) is 10.9 Å². The van der Waals surface area contributed by atoms with Gasteiger partial charge in [0.2, 0.25) is 0 Å². The predicted octanol–water partition coefficient (Wildman–Crippen LogP) is 2.30. The van der Waals surface area contributed by atoms with Crippen LogP contribution >= 0.6 is 0 Å². The molecular formula is C14H14F2N2O2. The lowest BCUT2D eigenvalue weighted by Gasteiger charge is -2.29. The molecule has 0 saturated carbocycles. The normalized spacial score (nSPS) is 16.1. The van der Waals surface area contributed by atoms with E-state index in [-0.39, 0.29) is 11.1 Å². The minimum atomic E-state index is -2.67. The van der Waals surface area contributed by atoms with Gasteiger partial charge in [-0.15, -0.1) is 0 Å². The molecule has 2 heterocycles. The van der Waals surface area contributed by atoms with Crippen molar-refractivity contribution in [1.82, 2.24) is 4.98 Å². The molecule has 1 aromatic heterocycles. The van der Waals surface area contributed by atoms with E-state index >= 15 is 0 Å². The second-order valence-electron chi connectivity index (χ2n) is 4.72. The molecule has 0 unspecified atom stereocenters. The average molecular weight is 280 g/mol. The van der Waals surface area contributed by atoms with Crippen molar-refractivity contribution in [3.05, 3.63) is 40.2 Å². The summed E-state index contributed by atoms with van der Waals surface area (Å²) in [6.45, 7) is 2.83. The van der Waals surface area contributed by atoms with Crippen LogP contribution in [0.3, 0.4) is 0 Å². The third-order valence-electron chi connectivity index (χ3n) is 3.45. The molecule has 0 aliphatic carbocycles. The summed E-state index contributed by atoms with van der Waals surface area (Å²) in [5.41, 5.74) is 0.617. The van der Waals surface area contributed by atoms with Crippen molar-refractivity contribution in [2.75, 3.05) is 31.2 Å². The fraction of sp³-hybridized carbons (Fsp3) is 0.357. The highest BCUT2D eigenvalue weighted by molar-refractivity contribution is 5.82. The number of morpholine rings is 1. The quantitative estimate of drug-likeness (QED) is 0.918. The lowest BCUT2D eigenvalue weighted by molar-refractivity contribution is 0.122. The number of alkyl halides is 2. The van der Waals surface area contributed by atoms with Gasteiger partial charge in [0.25, 0.3) is 6.43 Å². The highest BCUT2D eigenvalue weighted by Gasteiger charge is 2.14. The van der Waals surface area contributed by atoms with E-state index in [0.29, 0.717) is 24.1 Å². The molecule has 0 spiro atoms. The van der Waals surface area contributed by atoms with Gasteiger partial charge in [-0.1, -0.05) is 0 Å². The molecule has 4 nitrogen and oxygen atoms in total. The first-order valence-corrected chi connectivity index (χ1v) is 6.43. The number of benzene rings is 1. The van der Waals surface area contributed by atoms with Crippen molar-refractivity contribution in [3.8, 4) is 0 Å². The summed E-state index contributed by atoms with van der Waals surface area (Å²) in [5.74, 6) is 0. The maximum Gasteiger partial charge on any atom is 0.278 e. The van der Waals surface area contributed by atoms with Crippen molar-refractivity contribution in [2.24, 2.45) is 0 Å². The van der Waals surface area contributed by atoms with Gasteiger partial charge in [-0.25, -0.2) is 8.78 Å². The zero-order valence-corrected chi connectivity index (χ0v) is 10.7. The SMILES string of the molecule is O=c1cc(C(F)F)[nH]c2ccc(N3CCOCC3)cc12. The number of aromatic amines is 1. The molecule has 106 valence electrons. The number of ether oxygens (including phenoxy) is 1. The highest BCUT2D eigenvalue weighted by atomic mass is 19.3. The fourth-order valence-corrected chi connectivity index (χ4v) is 2.39. The van der Waals surface area contributed by atoms with Gasteiger partial charge in [-0.05, 0) is 18.2 Å². The largest absolute Gasteiger partial charge is 0.378 e. The van der Waals surface area contributed by atoms with Crippen LogP contribution in [-0.4, -0.2) is 31.3 Å². The fourth-order valence-electron chi connectivity index (χ4n) is 2.39. The molecule has 0 atom stereocenters. The lowest BCUT2D eigenvalue weighted by Crippen LogP contribution is -2.36. The molecular weight excluding hydrogens is 266 g/mol. The Labute approximate surface area is 114 Å². The van der Waals surface area contributed by atoms with Crippen LogP contribution in [0.4, 0.5) is 14.5 Å². The summed E-state index contributed by atoms with van der Waals surface area (Å²) in [7, 11) is 0. The van der Waals surface area contributed by atoms with Gasteiger partial charge in [-0.2, -0.15) is 0 Å². The summed E-state index contributed by atoms with van der Waals surface area (Å²) in [5, 5.41) is 0.429. The maximum atomic E-state index is 12.7. The van der Waals surface area contributed by atoms with Crippen LogP contribution in [0.1, 0.15) is 12.1 Å². The summed E-state index contributed by atoms with van der Waals surface area (Å²) in [6, 6.07) is 6.22. The summed E-state index contributed by atoms with van der Waals surface area (Å²) in [6.07, 6.45) is -2.67. The molecule has 1 N–H and O–H groups in total. The summed E-state index contributed by atoms with van der Waals surface area (Å²) in [4.78, 5) is 16.7. The standard InChI is InChI=1S/C14H14F2N2O2/c15-14(16)12-8-13(19)10-7-9(1-2-11(10)17-12)18-3-5-20-6-4-18/h1-2,7-8,14H,3-6H2,(H,17,19). The van der Waals surface area contributed by atoms with Crippen molar-refractivity contribution >= 4 is 16.6 Å². The van der Waals surface area contributed by atoms with Crippen LogP contribution < -0.4 is 10.3 Å². The Morgan fingerprint density at radius 1 is 1.20 bits per heavy atom. The molecule has 1 aliphatic rings. The van der Waals surface area contributed by atoms with E-state index in [1.54, 1.807) is 12.1 Å². The van der Waals surface area contributed by atoms with E-state index in [1.165, 1.54) is 0 Å². The van der Waals surface area contributed by atoms with E-state index in [2.05, 4.69) is 9.88 Å². The number of hydrogen-bond donors (Lipinski definition) is 1. The smallest absolute Gasteiger partial charge is 0.278 e. The predicted molar refractivity (Wildman–Crippen MR) is 72.6 cm³/mol. The minimum Gasteiger partial charge on any atom is -0.378 e. The second-order valence-corrected chi connectivity index (χ2v) is 4.72. The molecule has 20 heavy (non-hydrogen) atoms. The van der Waals surface area contributed by atoms with E-state index in [1.807, 2.05) is 6.07 Å². The maximum absolute atomic E-state index is 12.7. The first-order chi connectivity index (χ1) is 9.65. The molecule has 6 heteroatoms. The van der Waals surface area contributed by atoms with Crippen LogP contribution in [0.15, 0.2) is 29.1 Å². The molecule has 1 aliphatic heterocycles. The Hall–Kier alpha value is -1.95. The number of fused-ring (bicyclic) bond motifs is 1. The number of aromatic nitrogens is 1. The van der Waals surface area contributed by atoms with Gasteiger partial charge in [-0.3, -0.25) is 4.79 Å². The Morgan fingerprint density at radius 3 is 2.65 bits per heavy atom. The van der Waals surface area contributed by atoms with Crippen molar-refractivity contribution < 1.29 is 13.5 Å². The van der Waals surface area contributed by atoms with Gasteiger partial charge in [0, 0.05) is 35.7 Å². The van der Waals surface area contributed by atoms with Gasteiger partial charge in [0.1, 0.15) is 0 Å². The molecule has 1 saturated heterocycles. The number of nitrogens with one attached hydrogen (secondary N) is 1. The third kappa shape index (κ3) is 2.38. The van der Waals surface area contributed by atoms with Crippen LogP contribution in [0.5, 0.6) is 0 Å². The molecule has 0 bridgehead atoms. The highest BCUT2D eigenvalue weighted by Crippen LogP contribution is 2.22. The Morgan fingerprint density at radius 2 is 1.95 bits per heavy atom. The van der Waals surface area contributed by atoms with Crippen molar-refractivity contribution in [1.29, 1.82) is 0 Å². The van der Waals surface area contributed by atoms with Gasteiger partial charge >= 0.3 is 0 Å². The van der Waals surface area contributed by atoms with Crippen LogP contribution in [0, 0.1) is 0 Å². The van der Waals surface area contributed by atoms with Crippen molar-refractivity contribution in [2.45, 2.75) is 6.43 Å². The Kier molecular flexibility index (Phi) is 3.40. The second kappa shape index (κ2) is 5.20. The Balaban J connectivity index is 2.05. The van der Waals surface area contributed by atoms with E-state index in [4.69, 9.17) is 4.74 Å². The third-order valence-corrected chi connectivity index (χ3v) is 3.45. The number of hydrogen-bond acceptors (Lipinski definition) is 3. The van der Waals surface area contributed by atoms with Crippen LogP contribution in [0.2, 0.25) is 0 Å². The molecule has 0 radical (unpaired) electrons. The van der Waals surface area contributed by atoms with Gasteiger partial charge in [0.15, 0.2) is 5.43 Å². The molecule has 0 amide bonds. The summed E-state index contributed by atoms with van der Waals surface area (Å²) < 4.78 is 30.6. The zero-order chi connectivity index (χ0) is 14.1. The number of rotatable bonds is 2. The topological polar surface area (TPSA) is 45.3 Å². The Bertz CT molecular complexity index is 678. The number of nitrogens with zero attached hydrogens (tertiary/aromatic N) is 1. The van der Waals surface area contributed by atoms with Crippen molar-refractivity contribution in [3.63, 3.8) is 0 Å². The van der Waals surface area contributed by atoms with E-state index in [9.17, 15) is 13.6 Å². The first-order valence-electron chi connectivity index (χ1n) is 6.43. The number of H-pyrrole nitrogens is 1. The molecule has 2 aromatic rings. The average Bonchev–Trinajstić information content (AvgIpc) is 2.47. The first kappa shape index (κ1) is 13.1. The van der Waals surface area contributed by atoms with E-state index < -0.39 is 6.43 Å². The van der Waals surface area contributed by atoms with E-state index in [0.717, 1.165) is 24.8 Å². The number of pyridine rings is 1. The van der Waals surface area contributed by atoms with Crippen LogP contribution in [-0.2, 0) is 4.74 Å².